The molecule has 24 heavy (non-hydrogen) atoms. The standard InChI is InChI=1S/C15H11I4NO4/c16-8-4-7(5-9(17)13(8)21)24-14-10(18)1-6(2-11(14)19)3-12(20)15(22)23/h1-2,4-5,12,21H,3,20H2,(H,22,23)/p+1/t12-/m0/s1. The maximum Gasteiger partial charge on any atom is 0.362 e. The van der Waals surface area contributed by atoms with Crippen LogP contribution in [0.2, 0.25) is 0 Å². The monoisotopic (exact) mass is 778 g/mol. The molecule has 0 radical (unpaired) electrons. The van der Waals surface area contributed by atoms with Crippen molar-refractivity contribution in [1.29, 1.82) is 0 Å². The molecule has 9 heteroatoms. The number of rotatable bonds is 5. The van der Waals surface area contributed by atoms with E-state index in [9.17, 15) is 9.90 Å². The third kappa shape index (κ3) is 5.20. The Morgan fingerprint density at radius 3 is 2.00 bits per heavy atom. The fraction of sp³-hybridized carbons (Fsp3) is 0.133. The number of quaternary nitrogens is 1. The van der Waals surface area contributed by atoms with Crippen LogP contribution in [0.4, 0.5) is 0 Å². The van der Waals surface area contributed by atoms with Crippen molar-refractivity contribution in [1.82, 2.24) is 0 Å². The maximum absolute atomic E-state index is 11.0. The number of hydrogen-bond acceptors (Lipinski definition) is 3. The van der Waals surface area contributed by atoms with E-state index in [4.69, 9.17) is 9.84 Å². The van der Waals surface area contributed by atoms with Crippen LogP contribution >= 0.6 is 90.4 Å². The van der Waals surface area contributed by atoms with Crippen molar-refractivity contribution < 1.29 is 25.5 Å². The Kier molecular flexibility index (Phi) is 7.64. The molecule has 0 unspecified atom stereocenters. The molecule has 1 atom stereocenters. The average Bonchev–Trinajstić information content (AvgIpc) is 2.48. The van der Waals surface area contributed by atoms with Crippen LogP contribution in [0.5, 0.6) is 17.2 Å². The number of hydrogen-bond donors (Lipinski definition) is 3. The van der Waals surface area contributed by atoms with Gasteiger partial charge in [-0.3, -0.25) is 0 Å². The molecule has 0 aromatic heterocycles. The van der Waals surface area contributed by atoms with Crippen LogP contribution in [0.25, 0.3) is 0 Å². The summed E-state index contributed by atoms with van der Waals surface area (Å²) in [7, 11) is 0. The smallest absolute Gasteiger partial charge is 0.362 e. The second-order valence-electron chi connectivity index (χ2n) is 4.97. The highest BCUT2D eigenvalue weighted by Gasteiger charge is 2.19. The van der Waals surface area contributed by atoms with Gasteiger partial charge < -0.3 is 20.7 Å². The van der Waals surface area contributed by atoms with E-state index >= 15 is 0 Å². The molecule has 2 rings (SSSR count). The summed E-state index contributed by atoms with van der Waals surface area (Å²) >= 11 is 8.47. The third-order valence-electron chi connectivity index (χ3n) is 3.10. The molecule has 5 nitrogen and oxygen atoms in total. The number of halogens is 4. The summed E-state index contributed by atoms with van der Waals surface area (Å²) < 4.78 is 9.22. The van der Waals surface area contributed by atoms with Gasteiger partial charge in [0.05, 0.1) is 14.3 Å². The van der Waals surface area contributed by atoms with Gasteiger partial charge >= 0.3 is 5.97 Å². The molecule has 0 aliphatic rings. The zero-order valence-electron chi connectivity index (χ0n) is 12.0. The minimum atomic E-state index is -0.909. The molecular formula is C15H12I4NO4+. The third-order valence-corrected chi connectivity index (χ3v) is 6.35. The Hall–Kier alpha value is 0.390. The number of ether oxygens (including phenoxy) is 1. The van der Waals surface area contributed by atoms with Crippen molar-refractivity contribution in [3.8, 4) is 17.2 Å². The Labute approximate surface area is 193 Å². The predicted octanol–water partition coefficient (Wildman–Crippen LogP) is 3.84. The van der Waals surface area contributed by atoms with E-state index in [2.05, 4.69) is 96.1 Å². The second kappa shape index (κ2) is 8.85. The number of phenolic OH excluding ortho intramolecular Hbond substituents is 1. The first-order valence-electron chi connectivity index (χ1n) is 6.58. The first-order valence-corrected chi connectivity index (χ1v) is 10.9. The lowest BCUT2D eigenvalue weighted by atomic mass is 10.1. The van der Waals surface area contributed by atoms with Gasteiger partial charge in [-0.25, -0.2) is 4.79 Å². The summed E-state index contributed by atoms with van der Waals surface area (Å²) in [5.41, 5.74) is 4.56. The summed E-state index contributed by atoms with van der Waals surface area (Å²) in [5.74, 6) is 0.700. The highest BCUT2D eigenvalue weighted by atomic mass is 127. The molecule has 0 bridgehead atoms. The van der Waals surface area contributed by atoms with Gasteiger partial charge in [0.25, 0.3) is 0 Å². The van der Waals surface area contributed by atoms with Gasteiger partial charge in [-0.2, -0.15) is 0 Å². The first-order chi connectivity index (χ1) is 11.2. The van der Waals surface area contributed by atoms with E-state index in [1.807, 2.05) is 12.1 Å². The predicted molar refractivity (Wildman–Crippen MR) is 124 cm³/mol. The Morgan fingerprint density at radius 1 is 1.04 bits per heavy atom. The highest BCUT2D eigenvalue weighted by molar-refractivity contribution is 14.1. The minimum absolute atomic E-state index is 0.249. The molecule has 0 aliphatic heterocycles. The molecule has 2 aromatic carbocycles. The molecule has 0 saturated carbocycles. The highest BCUT2D eigenvalue weighted by Crippen LogP contribution is 2.36. The fourth-order valence-corrected chi connectivity index (χ4v) is 5.75. The van der Waals surface area contributed by atoms with E-state index in [-0.39, 0.29) is 5.75 Å². The largest absolute Gasteiger partial charge is 0.506 e. The number of aliphatic carboxylic acids is 1. The van der Waals surface area contributed by atoms with Crippen LogP contribution < -0.4 is 10.5 Å². The van der Waals surface area contributed by atoms with Crippen molar-refractivity contribution in [2.75, 3.05) is 0 Å². The van der Waals surface area contributed by atoms with Crippen LogP contribution in [0.1, 0.15) is 5.56 Å². The lowest BCUT2D eigenvalue weighted by Crippen LogP contribution is -2.65. The Balaban J connectivity index is 2.30. The molecule has 0 aliphatic carbocycles. The molecule has 0 amide bonds. The van der Waals surface area contributed by atoms with Crippen LogP contribution in [0.3, 0.4) is 0 Å². The quantitative estimate of drug-likeness (QED) is 0.403. The number of carbonyl (C=O) groups is 1. The zero-order valence-corrected chi connectivity index (χ0v) is 20.7. The SMILES string of the molecule is [NH3+][C@@H](Cc1cc(I)c(Oc2cc(I)c(O)c(I)c2)c(I)c1)C(=O)O. The van der Waals surface area contributed by atoms with E-state index < -0.39 is 12.0 Å². The van der Waals surface area contributed by atoms with Gasteiger partial charge in [-0.05, 0) is 120 Å². The lowest BCUT2D eigenvalue weighted by molar-refractivity contribution is -0.407. The maximum atomic E-state index is 11.0. The molecule has 0 heterocycles. The summed E-state index contributed by atoms with van der Waals surface area (Å²) in [6.45, 7) is 0. The summed E-state index contributed by atoms with van der Waals surface area (Å²) in [4.78, 5) is 11.0. The van der Waals surface area contributed by atoms with Gasteiger partial charge in [0, 0.05) is 6.42 Å². The summed E-state index contributed by atoms with van der Waals surface area (Å²) in [6.07, 6.45) is 0.372. The zero-order chi connectivity index (χ0) is 18.0. The summed E-state index contributed by atoms with van der Waals surface area (Å²) in [5, 5.41) is 18.8. The second-order valence-corrected chi connectivity index (χ2v) is 9.61. The van der Waals surface area contributed by atoms with Gasteiger partial charge in [0.15, 0.2) is 11.8 Å². The number of aromatic hydroxyl groups is 1. The normalized spacial score (nSPS) is 12.0. The van der Waals surface area contributed by atoms with Gasteiger partial charge in [-0.1, -0.05) is 0 Å². The fourth-order valence-electron chi connectivity index (χ4n) is 1.92. The van der Waals surface area contributed by atoms with Crippen LogP contribution in [0.15, 0.2) is 24.3 Å². The Morgan fingerprint density at radius 2 is 1.54 bits per heavy atom. The lowest BCUT2D eigenvalue weighted by Gasteiger charge is -2.13. The number of carboxylic acids is 1. The molecule has 128 valence electrons. The van der Waals surface area contributed by atoms with Crippen LogP contribution in [-0.4, -0.2) is 22.2 Å². The molecular weight excluding hydrogens is 766 g/mol. The van der Waals surface area contributed by atoms with Crippen molar-refractivity contribution >= 4 is 96.3 Å². The summed E-state index contributed by atoms with van der Waals surface area (Å²) in [6, 6.07) is 6.69. The Bertz CT molecular complexity index is 751. The van der Waals surface area contributed by atoms with Gasteiger partial charge in [-0.15, -0.1) is 0 Å². The van der Waals surface area contributed by atoms with E-state index in [1.165, 1.54) is 0 Å². The number of carboxylic acid groups (broad SMARTS) is 1. The first kappa shape index (κ1) is 20.7. The van der Waals surface area contributed by atoms with Gasteiger partial charge in [0.1, 0.15) is 11.5 Å². The van der Waals surface area contributed by atoms with Crippen molar-refractivity contribution in [2.45, 2.75) is 12.5 Å². The molecule has 2 aromatic rings. The van der Waals surface area contributed by atoms with E-state index in [0.29, 0.717) is 17.9 Å². The molecule has 5 N–H and O–H groups in total. The average molecular weight is 778 g/mol. The van der Waals surface area contributed by atoms with E-state index in [1.54, 1.807) is 12.1 Å². The van der Waals surface area contributed by atoms with Crippen molar-refractivity contribution in [3.63, 3.8) is 0 Å². The van der Waals surface area contributed by atoms with Crippen LogP contribution in [-0.2, 0) is 11.2 Å². The number of phenols is 1. The van der Waals surface area contributed by atoms with Crippen molar-refractivity contribution in [2.24, 2.45) is 0 Å². The molecule has 0 fully saturated rings. The number of benzene rings is 2. The molecule has 0 saturated heterocycles. The van der Waals surface area contributed by atoms with Gasteiger partial charge in [0.2, 0.25) is 0 Å². The molecule has 0 spiro atoms. The van der Waals surface area contributed by atoms with E-state index in [0.717, 1.165) is 19.8 Å². The van der Waals surface area contributed by atoms with Crippen molar-refractivity contribution in [3.05, 3.63) is 44.1 Å². The van der Waals surface area contributed by atoms with Crippen LogP contribution in [0, 0.1) is 14.3 Å². The minimum Gasteiger partial charge on any atom is -0.506 e. The topological polar surface area (TPSA) is 94.4 Å².